The zero-order valence-electron chi connectivity index (χ0n) is 33.6. The molecule has 13 aromatic rings. The molecule has 3 nitrogen and oxygen atoms in total. The molecule has 13 rings (SSSR count). The molecule has 62 heavy (non-hydrogen) atoms. The van der Waals surface area contributed by atoms with Crippen LogP contribution in [0.3, 0.4) is 0 Å². The van der Waals surface area contributed by atoms with Gasteiger partial charge < -0.3 is 14.0 Å². The van der Waals surface area contributed by atoms with Crippen molar-refractivity contribution in [3.8, 4) is 22.5 Å². The summed E-state index contributed by atoms with van der Waals surface area (Å²) in [5.41, 5.74) is 12.9. The number of benzene rings is 10. The van der Waals surface area contributed by atoms with Crippen molar-refractivity contribution in [2.45, 2.75) is 0 Å². The standard InChI is InChI=1S/C58H37N3S/c1-2-14-41(15-3-1)60-50-20-9-6-17-46(50)49-37-44(34-36-52(49)60)59(53-22-12-24-56-58(53)48-19-8-11-23-55(48)62-56)42-30-25-38(26-31-42)39-27-32-43(33-28-39)61-51-21-10-7-18-47(51)57-45-16-5-4-13-40(45)29-35-54(57)61/h1-37H. The number of rotatable bonds is 6. The molecule has 3 aromatic heterocycles. The fourth-order valence-electron chi connectivity index (χ4n) is 9.95. The lowest BCUT2D eigenvalue weighted by atomic mass is 10.0. The molecule has 0 saturated heterocycles. The number of fused-ring (bicyclic) bond motifs is 11. The van der Waals surface area contributed by atoms with E-state index in [9.17, 15) is 0 Å². The van der Waals surface area contributed by atoms with Gasteiger partial charge in [-0.2, -0.15) is 0 Å². The van der Waals surface area contributed by atoms with Crippen LogP contribution >= 0.6 is 11.3 Å². The minimum absolute atomic E-state index is 1.11. The van der Waals surface area contributed by atoms with E-state index in [0.717, 1.165) is 22.7 Å². The topological polar surface area (TPSA) is 13.1 Å². The van der Waals surface area contributed by atoms with Gasteiger partial charge in [0.2, 0.25) is 0 Å². The van der Waals surface area contributed by atoms with Crippen LogP contribution in [0.1, 0.15) is 0 Å². The lowest BCUT2D eigenvalue weighted by Crippen LogP contribution is -2.10. The molecule has 0 unspecified atom stereocenters. The Labute approximate surface area is 362 Å². The van der Waals surface area contributed by atoms with Crippen LogP contribution in [0, 0.1) is 0 Å². The third-order valence-corrected chi connectivity index (χ3v) is 13.8. The summed E-state index contributed by atoms with van der Waals surface area (Å²) in [5.74, 6) is 0. The number of nitrogens with zero attached hydrogens (tertiary/aromatic N) is 3. The fourth-order valence-corrected chi connectivity index (χ4v) is 11.1. The van der Waals surface area contributed by atoms with Gasteiger partial charge in [0, 0.05) is 64.5 Å². The monoisotopic (exact) mass is 807 g/mol. The predicted octanol–water partition coefficient (Wildman–Crippen LogP) is 16.5. The van der Waals surface area contributed by atoms with Crippen molar-refractivity contribution in [3.63, 3.8) is 0 Å². The second kappa shape index (κ2) is 13.8. The predicted molar refractivity (Wildman–Crippen MR) is 266 cm³/mol. The van der Waals surface area contributed by atoms with E-state index in [2.05, 4.69) is 238 Å². The molecular formula is C58H37N3S. The largest absolute Gasteiger partial charge is 0.310 e. The smallest absolute Gasteiger partial charge is 0.0554 e. The van der Waals surface area contributed by atoms with E-state index in [1.54, 1.807) is 0 Å². The van der Waals surface area contributed by atoms with Gasteiger partial charge in [-0.1, -0.05) is 133 Å². The molecule has 10 aromatic carbocycles. The van der Waals surface area contributed by atoms with Crippen molar-refractivity contribution >= 4 is 103 Å². The zero-order chi connectivity index (χ0) is 40.7. The van der Waals surface area contributed by atoms with Crippen LogP contribution in [0.15, 0.2) is 224 Å². The maximum absolute atomic E-state index is 2.45. The molecular weight excluding hydrogens is 771 g/mol. The molecule has 0 fully saturated rings. The number of para-hydroxylation sites is 3. The number of anilines is 3. The van der Waals surface area contributed by atoms with E-state index in [1.165, 1.54) is 91.4 Å². The van der Waals surface area contributed by atoms with Gasteiger partial charge in [0.25, 0.3) is 0 Å². The maximum Gasteiger partial charge on any atom is 0.0554 e. The van der Waals surface area contributed by atoms with Crippen molar-refractivity contribution in [1.82, 2.24) is 9.13 Å². The van der Waals surface area contributed by atoms with Gasteiger partial charge in [-0.3, -0.25) is 0 Å². The molecule has 3 heterocycles. The minimum atomic E-state index is 1.11. The van der Waals surface area contributed by atoms with Crippen LogP contribution in [0.5, 0.6) is 0 Å². The summed E-state index contributed by atoms with van der Waals surface area (Å²) in [5, 5.41) is 10.1. The Morgan fingerprint density at radius 3 is 1.69 bits per heavy atom. The molecule has 0 saturated carbocycles. The lowest BCUT2D eigenvalue weighted by Gasteiger charge is -2.27. The SMILES string of the molecule is c1ccc(-n2c3ccccc3c3cc(N(c4ccc(-c5ccc(-n6c7ccccc7c7c8ccccc8ccc76)cc5)cc4)c4cccc5sc6ccccc6c45)ccc32)cc1. The summed E-state index contributed by atoms with van der Waals surface area (Å²) >= 11 is 1.86. The summed E-state index contributed by atoms with van der Waals surface area (Å²) in [6.45, 7) is 0. The van der Waals surface area contributed by atoms with Crippen molar-refractivity contribution in [2.75, 3.05) is 4.90 Å². The molecule has 0 atom stereocenters. The Kier molecular flexibility index (Phi) is 7.78. The molecule has 290 valence electrons. The van der Waals surface area contributed by atoms with E-state index in [0.29, 0.717) is 0 Å². The first kappa shape index (κ1) is 34.9. The highest BCUT2D eigenvalue weighted by atomic mass is 32.1. The van der Waals surface area contributed by atoms with Gasteiger partial charge in [0.15, 0.2) is 0 Å². The number of thiophene rings is 1. The highest BCUT2D eigenvalue weighted by Crippen LogP contribution is 2.46. The van der Waals surface area contributed by atoms with Crippen molar-refractivity contribution < 1.29 is 0 Å². The van der Waals surface area contributed by atoms with Crippen molar-refractivity contribution in [3.05, 3.63) is 224 Å². The van der Waals surface area contributed by atoms with Crippen LogP contribution < -0.4 is 4.90 Å². The maximum atomic E-state index is 2.45. The first-order chi connectivity index (χ1) is 30.8. The molecule has 0 spiro atoms. The average Bonchev–Trinajstić information content (AvgIpc) is 4.00. The molecule has 0 amide bonds. The quantitative estimate of drug-likeness (QED) is 0.163. The first-order valence-electron chi connectivity index (χ1n) is 21.2. The van der Waals surface area contributed by atoms with Crippen LogP contribution in [-0.2, 0) is 0 Å². The van der Waals surface area contributed by atoms with Crippen molar-refractivity contribution in [1.29, 1.82) is 0 Å². The highest BCUT2D eigenvalue weighted by Gasteiger charge is 2.21. The summed E-state index contributed by atoms with van der Waals surface area (Å²) < 4.78 is 7.37. The molecule has 0 aliphatic rings. The third-order valence-electron chi connectivity index (χ3n) is 12.7. The summed E-state index contributed by atoms with van der Waals surface area (Å²) in [7, 11) is 0. The second-order valence-electron chi connectivity index (χ2n) is 16.1. The van der Waals surface area contributed by atoms with E-state index in [1.807, 2.05) is 11.3 Å². The number of hydrogen-bond donors (Lipinski definition) is 0. The molecule has 0 N–H and O–H groups in total. The average molecular weight is 808 g/mol. The van der Waals surface area contributed by atoms with E-state index in [4.69, 9.17) is 0 Å². The molecule has 0 radical (unpaired) electrons. The molecule has 0 aliphatic heterocycles. The molecule has 4 heteroatoms. The van der Waals surface area contributed by atoms with E-state index >= 15 is 0 Å². The Balaban J connectivity index is 0.942. The second-order valence-corrected chi connectivity index (χ2v) is 17.2. The highest BCUT2D eigenvalue weighted by molar-refractivity contribution is 7.26. The van der Waals surface area contributed by atoms with Crippen LogP contribution in [0.2, 0.25) is 0 Å². The van der Waals surface area contributed by atoms with Gasteiger partial charge >= 0.3 is 0 Å². The molecule has 0 bridgehead atoms. The van der Waals surface area contributed by atoms with Gasteiger partial charge in [0.05, 0.1) is 27.8 Å². The van der Waals surface area contributed by atoms with Gasteiger partial charge in [-0.25, -0.2) is 0 Å². The van der Waals surface area contributed by atoms with Crippen LogP contribution in [-0.4, -0.2) is 9.13 Å². The Hall–Kier alpha value is -7.92. The minimum Gasteiger partial charge on any atom is -0.310 e. The van der Waals surface area contributed by atoms with Gasteiger partial charge in [-0.05, 0) is 113 Å². The fraction of sp³-hybridized carbons (Fsp3) is 0. The Morgan fingerprint density at radius 2 is 0.887 bits per heavy atom. The van der Waals surface area contributed by atoms with Crippen LogP contribution in [0.4, 0.5) is 17.1 Å². The van der Waals surface area contributed by atoms with Gasteiger partial charge in [0.1, 0.15) is 0 Å². The normalized spacial score (nSPS) is 11.9. The number of aromatic nitrogens is 2. The van der Waals surface area contributed by atoms with E-state index in [-0.39, 0.29) is 0 Å². The van der Waals surface area contributed by atoms with Crippen molar-refractivity contribution in [2.24, 2.45) is 0 Å². The Morgan fingerprint density at radius 1 is 0.323 bits per heavy atom. The first-order valence-corrected chi connectivity index (χ1v) is 22.0. The van der Waals surface area contributed by atoms with Gasteiger partial charge in [-0.15, -0.1) is 11.3 Å². The Bertz CT molecular complexity index is 3850. The summed E-state index contributed by atoms with van der Waals surface area (Å²) in [6.07, 6.45) is 0. The van der Waals surface area contributed by atoms with E-state index < -0.39 is 0 Å². The lowest BCUT2D eigenvalue weighted by molar-refractivity contribution is 1.18. The number of hydrogen-bond acceptors (Lipinski definition) is 2. The van der Waals surface area contributed by atoms with Crippen LogP contribution in [0.25, 0.3) is 97.1 Å². The summed E-state index contributed by atoms with van der Waals surface area (Å²) in [4.78, 5) is 2.45. The molecule has 0 aliphatic carbocycles. The third kappa shape index (κ3) is 5.30. The zero-order valence-corrected chi connectivity index (χ0v) is 34.4. The summed E-state index contributed by atoms with van der Waals surface area (Å²) in [6, 6.07) is 82.1.